The highest BCUT2D eigenvalue weighted by atomic mass is 32.2. The van der Waals surface area contributed by atoms with Crippen molar-refractivity contribution in [2.75, 3.05) is 20.2 Å². The van der Waals surface area contributed by atoms with Crippen LogP contribution in [-0.2, 0) is 10.0 Å². The van der Waals surface area contributed by atoms with E-state index in [-0.39, 0.29) is 16.6 Å². The number of ether oxygens (including phenoxy) is 1. The van der Waals surface area contributed by atoms with Gasteiger partial charge in [-0.15, -0.1) is 0 Å². The number of rotatable bonds is 4. The topological polar surface area (TPSA) is 75.7 Å². The van der Waals surface area contributed by atoms with Crippen LogP contribution in [0.2, 0.25) is 0 Å². The molecule has 1 saturated heterocycles. The number of benzene rings is 1. The summed E-state index contributed by atoms with van der Waals surface area (Å²) in [6, 6.07) is 4.58. The van der Waals surface area contributed by atoms with Crippen LogP contribution >= 0.6 is 0 Å². The van der Waals surface area contributed by atoms with Crippen molar-refractivity contribution in [1.82, 2.24) is 9.62 Å². The van der Waals surface area contributed by atoms with Gasteiger partial charge in [-0.05, 0) is 57.2 Å². The summed E-state index contributed by atoms with van der Waals surface area (Å²) >= 11 is 0. The Bertz CT molecular complexity index is 758. The molecule has 1 aliphatic heterocycles. The van der Waals surface area contributed by atoms with E-state index < -0.39 is 15.6 Å². The van der Waals surface area contributed by atoms with Crippen molar-refractivity contribution >= 4 is 15.9 Å². The Balaban J connectivity index is 2.39. The molecule has 1 fully saturated rings. The first-order valence-electron chi connectivity index (χ1n) is 8.94. The second-order valence-electron chi connectivity index (χ2n) is 8.38. The van der Waals surface area contributed by atoms with Gasteiger partial charge in [-0.1, -0.05) is 13.8 Å². The highest BCUT2D eigenvalue weighted by Crippen LogP contribution is 2.28. The SMILES string of the molecule is COc1ccc(C(=O)N2CC(C)CC(C)C2)cc1S(=O)(=O)NC(C)(C)C. The Morgan fingerprint density at radius 2 is 1.77 bits per heavy atom. The highest BCUT2D eigenvalue weighted by Gasteiger charge is 2.29. The minimum absolute atomic E-state index is 0.0149. The lowest BCUT2D eigenvalue weighted by Gasteiger charge is -2.35. The molecule has 0 aromatic heterocycles. The first-order valence-corrected chi connectivity index (χ1v) is 10.4. The Labute approximate surface area is 157 Å². The van der Waals surface area contributed by atoms with Crippen LogP contribution in [0.5, 0.6) is 5.75 Å². The largest absolute Gasteiger partial charge is 0.495 e. The van der Waals surface area contributed by atoms with Crippen LogP contribution < -0.4 is 9.46 Å². The molecule has 1 aromatic carbocycles. The van der Waals surface area contributed by atoms with Crippen LogP contribution in [0.4, 0.5) is 0 Å². The van der Waals surface area contributed by atoms with Crippen LogP contribution in [0.15, 0.2) is 23.1 Å². The van der Waals surface area contributed by atoms with E-state index in [0.29, 0.717) is 30.5 Å². The van der Waals surface area contributed by atoms with E-state index >= 15 is 0 Å². The quantitative estimate of drug-likeness (QED) is 0.869. The monoisotopic (exact) mass is 382 g/mol. The van der Waals surface area contributed by atoms with Crippen molar-refractivity contribution in [1.29, 1.82) is 0 Å². The summed E-state index contributed by atoms with van der Waals surface area (Å²) < 4.78 is 33.4. The maximum atomic E-state index is 12.9. The highest BCUT2D eigenvalue weighted by molar-refractivity contribution is 7.89. The molecular weight excluding hydrogens is 352 g/mol. The van der Waals surface area contributed by atoms with E-state index in [1.165, 1.54) is 13.2 Å². The van der Waals surface area contributed by atoms with E-state index in [2.05, 4.69) is 18.6 Å². The Kier molecular flexibility index (Phi) is 6.02. The van der Waals surface area contributed by atoms with Crippen molar-refractivity contribution in [2.45, 2.75) is 51.5 Å². The normalized spacial score (nSPS) is 21.5. The summed E-state index contributed by atoms with van der Waals surface area (Å²) in [7, 11) is -2.40. The van der Waals surface area contributed by atoms with Gasteiger partial charge in [0.2, 0.25) is 10.0 Å². The number of carbonyl (C=O) groups is 1. The van der Waals surface area contributed by atoms with E-state index in [4.69, 9.17) is 4.74 Å². The number of methoxy groups -OCH3 is 1. The Morgan fingerprint density at radius 3 is 2.27 bits per heavy atom. The van der Waals surface area contributed by atoms with Gasteiger partial charge in [-0.2, -0.15) is 0 Å². The zero-order valence-electron chi connectivity index (χ0n) is 16.5. The molecule has 7 heteroatoms. The standard InChI is InChI=1S/C19H30N2O4S/c1-13-9-14(2)12-21(11-13)18(22)15-7-8-16(25-6)17(10-15)26(23,24)20-19(3,4)5/h7-8,10,13-14,20H,9,11-12H2,1-6H3. The van der Waals surface area contributed by atoms with E-state index in [0.717, 1.165) is 6.42 Å². The van der Waals surface area contributed by atoms with Gasteiger partial charge < -0.3 is 9.64 Å². The molecule has 6 nitrogen and oxygen atoms in total. The number of amides is 1. The second kappa shape index (κ2) is 7.56. The molecule has 0 saturated carbocycles. The van der Waals surface area contributed by atoms with Crippen LogP contribution in [0.25, 0.3) is 0 Å². The number of hydrogen-bond donors (Lipinski definition) is 1. The molecule has 2 rings (SSSR count). The fourth-order valence-corrected chi connectivity index (χ4v) is 5.10. The molecular formula is C19H30N2O4S. The number of sulfonamides is 1. The lowest BCUT2D eigenvalue weighted by molar-refractivity contribution is 0.0623. The first-order chi connectivity index (χ1) is 11.9. The van der Waals surface area contributed by atoms with Crippen molar-refractivity contribution in [3.63, 3.8) is 0 Å². The molecule has 1 aromatic rings. The maximum Gasteiger partial charge on any atom is 0.253 e. The molecule has 1 amide bonds. The summed E-state index contributed by atoms with van der Waals surface area (Å²) in [6.07, 6.45) is 1.10. The Morgan fingerprint density at radius 1 is 1.19 bits per heavy atom. The van der Waals surface area contributed by atoms with Gasteiger partial charge in [0.05, 0.1) is 7.11 Å². The summed E-state index contributed by atoms with van der Waals surface area (Å²) in [5.74, 6) is 0.954. The number of hydrogen-bond acceptors (Lipinski definition) is 4. The zero-order valence-corrected chi connectivity index (χ0v) is 17.3. The van der Waals surface area contributed by atoms with Gasteiger partial charge in [-0.25, -0.2) is 13.1 Å². The lowest BCUT2D eigenvalue weighted by atomic mass is 9.91. The van der Waals surface area contributed by atoms with Gasteiger partial charge in [0.25, 0.3) is 5.91 Å². The molecule has 0 radical (unpaired) electrons. The molecule has 0 spiro atoms. The fourth-order valence-electron chi connectivity index (χ4n) is 3.49. The fraction of sp³-hybridized carbons (Fsp3) is 0.632. The van der Waals surface area contributed by atoms with E-state index in [9.17, 15) is 13.2 Å². The third-order valence-electron chi connectivity index (χ3n) is 4.30. The van der Waals surface area contributed by atoms with E-state index in [1.807, 2.05) is 4.90 Å². The molecule has 1 N–H and O–H groups in total. The third kappa shape index (κ3) is 4.98. The first kappa shape index (κ1) is 20.7. The minimum atomic E-state index is -3.81. The van der Waals surface area contributed by atoms with Gasteiger partial charge >= 0.3 is 0 Å². The Hall–Kier alpha value is -1.60. The maximum absolute atomic E-state index is 12.9. The van der Waals surface area contributed by atoms with Crippen LogP contribution in [0.1, 0.15) is 51.4 Å². The molecule has 2 unspecified atom stereocenters. The van der Waals surface area contributed by atoms with Crippen molar-refractivity contribution in [2.24, 2.45) is 11.8 Å². The number of likely N-dealkylation sites (tertiary alicyclic amines) is 1. The van der Waals surface area contributed by atoms with Crippen LogP contribution in [0, 0.1) is 11.8 Å². The van der Waals surface area contributed by atoms with Gasteiger partial charge in [0.15, 0.2) is 0 Å². The molecule has 0 aliphatic carbocycles. The molecule has 146 valence electrons. The molecule has 1 heterocycles. The van der Waals surface area contributed by atoms with Gasteiger partial charge in [0, 0.05) is 24.2 Å². The number of nitrogens with zero attached hydrogens (tertiary/aromatic N) is 1. The van der Waals surface area contributed by atoms with Crippen molar-refractivity contribution in [3.05, 3.63) is 23.8 Å². The van der Waals surface area contributed by atoms with Crippen molar-refractivity contribution < 1.29 is 17.9 Å². The van der Waals surface area contributed by atoms with Crippen LogP contribution in [0.3, 0.4) is 0 Å². The summed E-state index contributed by atoms with van der Waals surface area (Å²) in [4.78, 5) is 14.7. The number of nitrogens with one attached hydrogen (secondary N) is 1. The molecule has 26 heavy (non-hydrogen) atoms. The summed E-state index contributed by atoms with van der Waals surface area (Å²) in [6.45, 7) is 10.9. The molecule has 1 aliphatic rings. The summed E-state index contributed by atoms with van der Waals surface area (Å²) in [5.41, 5.74) is -0.275. The van der Waals surface area contributed by atoms with E-state index in [1.54, 1.807) is 32.9 Å². The predicted molar refractivity (Wildman–Crippen MR) is 102 cm³/mol. The molecule has 0 bridgehead atoms. The lowest BCUT2D eigenvalue weighted by Crippen LogP contribution is -2.43. The second-order valence-corrected chi connectivity index (χ2v) is 10.0. The minimum Gasteiger partial charge on any atom is -0.495 e. The third-order valence-corrected chi connectivity index (χ3v) is 6.08. The van der Waals surface area contributed by atoms with Gasteiger partial charge in [0.1, 0.15) is 10.6 Å². The van der Waals surface area contributed by atoms with Crippen LogP contribution in [-0.4, -0.2) is 45.0 Å². The summed E-state index contributed by atoms with van der Waals surface area (Å²) in [5, 5.41) is 0. The van der Waals surface area contributed by atoms with Gasteiger partial charge in [-0.3, -0.25) is 4.79 Å². The zero-order chi connectivity index (χ0) is 19.7. The van der Waals surface area contributed by atoms with Crippen molar-refractivity contribution in [3.8, 4) is 5.75 Å². The average Bonchev–Trinajstić information content (AvgIpc) is 2.50. The smallest absolute Gasteiger partial charge is 0.253 e. The average molecular weight is 383 g/mol. The number of piperidine rings is 1. The molecule has 2 atom stereocenters. The predicted octanol–water partition coefficient (Wildman–Crippen LogP) is 2.89. The number of carbonyl (C=O) groups excluding carboxylic acids is 1.